The molecular formula is C34H39FN2O3. The summed E-state index contributed by atoms with van der Waals surface area (Å²) < 4.78 is 21.6. The number of hydrogen-bond acceptors (Lipinski definition) is 4. The van der Waals surface area contributed by atoms with Gasteiger partial charge in [0.25, 0.3) is 0 Å². The molecule has 40 heavy (non-hydrogen) atoms. The van der Waals surface area contributed by atoms with Crippen LogP contribution >= 0.6 is 0 Å². The number of aryl methyl sites for hydroxylation is 2. The zero-order valence-corrected chi connectivity index (χ0v) is 23.5. The molecule has 5 nitrogen and oxygen atoms in total. The second-order valence-corrected chi connectivity index (χ2v) is 12.1. The number of carboxylic acids is 1. The fourth-order valence-corrected chi connectivity index (χ4v) is 6.89. The van der Waals surface area contributed by atoms with Gasteiger partial charge in [0.2, 0.25) is 0 Å². The second-order valence-electron chi connectivity index (χ2n) is 12.1. The van der Waals surface area contributed by atoms with Gasteiger partial charge in [-0.25, -0.2) is 4.39 Å². The van der Waals surface area contributed by atoms with Gasteiger partial charge in [0.05, 0.1) is 12.1 Å². The van der Waals surface area contributed by atoms with Crippen molar-refractivity contribution in [2.45, 2.75) is 77.4 Å². The molecule has 6 rings (SSSR count). The summed E-state index contributed by atoms with van der Waals surface area (Å²) in [6, 6.07) is 14.6. The number of rotatable bonds is 8. The Morgan fingerprint density at radius 1 is 1.07 bits per heavy atom. The van der Waals surface area contributed by atoms with Gasteiger partial charge < -0.3 is 9.84 Å². The molecule has 210 valence electrons. The molecule has 6 heteroatoms. The first-order valence-corrected chi connectivity index (χ1v) is 14.9. The number of carboxylic acid groups (broad SMARTS) is 1. The predicted molar refractivity (Wildman–Crippen MR) is 154 cm³/mol. The third-order valence-corrected chi connectivity index (χ3v) is 9.38. The SMILES string of the molecule is Cc1cc(-c2ccc([C@H]3CCc4ccc([C@H](C5CCC5)[C@H](C)C(=O)O)cc4O3)cc2CN2CCCC2)c(F)cn1. The molecule has 3 aliphatic rings. The highest BCUT2D eigenvalue weighted by Crippen LogP contribution is 2.46. The highest BCUT2D eigenvalue weighted by atomic mass is 19.1. The van der Waals surface area contributed by atoms with Crippen LogP contribution in [0.3, 0.4) is 0 Å². The van der Waals surface area contributed by atoms with Gasteiger partial charge in [-0.3, -0.25) is 14.7 Å². The zero-order valence-electron chi connectivity index (χ0n) is 23.5. The minimum Gasteiger partial charge on any atom is -0.485 e. The maximum Gasteiger partial charge on any atom is 0.306 e. The Bertz CT molecular complexity index is 1400. The van der Waals surface area contributed by atoms with Crippen molar-refractivity contribution in [3.8, 4) is 16.9 Å². The van der Waals surface area contributed by atoms with E-state index in [4.69, 9.17) is 4.74 Å². The molecule has 0 bridgehead atoms. The standard InChI is InChI=1S/C34H39FN2O3/c1-21-16-29(30(35)19-36-21)28-12-10-25(17-27(28)20-37-14-3-4-15-37)31-13-11-23-8-9-26(18-32(23)40-31)33(22(2)34(38)39)24-6-5-7-24/h8-10,12,16-19,22,24,31,33H,3-7,11,13-15,20H2,1-2H3,(H,38,39)/t22-,31+,33-/m0/s1. The number of hydrogen-bond donors (Lipinski definition) is 1. The Labute approximate surface area is 236 Å². The molecule has 1 saturated carbocycles. The van der Waals surface area contributed by atoms with Crippen molar-refractivity contribution in [2.75, 3.05) is 13.1 Å². The van der Waals surface area contributed by atoms with Crippen LogP contribution in [0.15, 0.2) is 48.7 Å². The highest BCUT2D eigenvalue weighted by molar-refractivity contribution is 5.71. The second kappa shape index (κ2) is 11.3. The number of carbonyl (C=O) groups is 1. The predicted octanol–water partition coefficient (Wildman–Crippen LogP) is 7.46. The van der Waals surface area contributed by atoms with Crippen LogP contribution in [-0.4, -0.2) is 34.0 Å². The van der Waals surface area contributed by atoms with Gasteiger partial charge in [0.1, 0.15) is 17.7 Å². The van der Waals surface area contributed by atoms with Gasteiger partial charge in [-0.2, -0.15) is 0 Å². The lowest BCUT2D eigenvalue weighted by molar-refractivity contribution is -0.142. The summed E-state index contributed by atoms with van der Waals surface area (Å²) >= 11 is 0. The molecule has 1 aromatic heterocycles. The van der Waals surface area contributed by atoms with Crippen LogP contribution in [0.25, 0.3) is 11.1 Å². The van der Waals surface area contributed by atoms with Crippen molar-refractivity contribution >= 4 is 5.97 Å². The smallest absolute Gasteiger partial charge is 0.306 e. The number of likely N-dealkylation sites (tertiary alicyclic amines) is 1. The van der Waals surface area contributed by atoms with Crippen molar-refractivity contribution in [1.29, 1.82) is 0 Å². The molecule has 1 N–H and O–H groups in total. The van der Waals surface area contributed by atoms with E-state index in [2.05, 4.69) is 46.3 Å². The molecule has 0 amide bonds. The van der Waals surface area contributed by atoms with Crippen molar-refractivity contribution in [3.63, 3.8) is 0 Å². The summed E-state index contributed by atoms with van der Waals surface area (Å²) in [4.78, 5) is 18.5. The summed E-state index contributed by atoms with van der Waals surface area (Å²) in [6.45, 7) is 6.65. The average molecular weight is 543 g/mol. The molecule has 2 fully saturated rings. The summed E-state index contributed by atoms with van der Waals surface area (Å²) in [6.07, 6.45) is 8.75. The third-order valence-electron chi connectivity index (χ3n) is 9.38. The van der Waals surface area contributed by atoms with Crippen LogP contribution < -0.4 is 4.74 Å². The first-order valence-electron chi connectivity index (χ1n) is 14.9. The van der Waals surface area contributed by atoms with E-state index in [1.807, 2.05) is 19.9 Å². The minimum atomic E-state index is -0.736. The first-order chi connectivity index (χ1) is 19.4. The molecule has 0 radical (unpaired) electrons. The Kier molecular flexibility index (Phi) is 7.63. The lowest BCUT2D eigenvalue weighted by atomic mass is 9.68. The number of ether oxygens (including phenoxy) is 1. The van der Waals surface area contributed by atoms with Gasteiger partial charge in [0.15, 0.2) is 0 Å². The third kappa shape index (κ3) is 5.38. The van der Waals surface area contributed by atoms with Gasteiger partial charge in [0, 0.05) is 17.8 Å². The maximum atomic E-state index is 14.9. The van der Waals surface area contributed by atoms with Crippen molar-refractivity contribution in [3.05, 3.63) is 82.4 Å². The maximum absolute atomic E-state index is 14.9. The minimum absolute atomic E-state index is 0.00518. The number of nitrogens with zero attached hydrogens (tertiary/aromatic N) is 2. The molecular weight excluding hydrogens is 503 g/mol. The molecule has 0 unspecified atom stereocenters. The summed E-state index contributed by atoms with van der Waals surface area (Å²) in [5.74, 6) is -0.169. The number of fused-ring (bicyclic) bond motifs is 1. The van der Waals surface area contributed by atoms with Gasteiger partial charge >= 0.3 is 5.97 Å². The lowest BCUT2D eigenvalue weighted by Crippen LogP contribution is -2.30. The van der Waals surface area contributed by atoms with Crippen LogP contribution in [0.4, 0.5) is 4.39 Å². The Balaban J connectivity index is 1.31. The van der Waals surface area contributed by atoms with Crippen LogP contribution in [0.5, 0.6) is 5.75 Å². The van der Waals surface area contributed by atoms with E-state index >= 15 is 0 Å². The van der Waals surface area contributed by atoms with E-state index in [1.165, 1.54) is 31.0 Å². The topological polar surface area (TPSA) is 62.7 Å². The van der Waals surface area contributed by atoms with Crippen LogP contribution in [0.2, 0.25) is 0 Å². The van der Waals surface area contributed by atoms with Gasteiger partial charge in [-0.05, 0) is 110 Å². The van der Waals surface area contributed by atoms with Crippen molar-refractivity contribution < 1.29 is 19.0 Å². The van der Waals surface area contributed by atoms with E-state index in [-0.39, 0.29) is 17.8 Å². The number of benzene rings is 2. The normalized spacial score (nSPS) is 20.8. The Hall–Kier alpha value is -3.25. The number of halogens is 1. The Morgan fingerprint density at radius 2 is 1.88 bits per heavy atom. The number of pyridine rings is 1. The van der Waals surface area contributed by atoms with Crippen LogP contribution in [-0.2, 0) is 17.8 Å². The molecule has 3 atom stereocenters. The summed E-state index contributed by atoms with van der Waals surface area (Å²) in [7, 11) is 0. The van der Waals surface area contributed by atoms with E-state index in [0.717, 1.165) is 79.0 Å². The quantitative estimate of drug-likeness (QED) is 0.320. The molecule has 2 aliphatic heterocycles. The van der Waals surface area contributed by atoms with Gasteiger partial charge in [-0.1, -0.05) is 43.7 Å². The summed E-state index contributed by atoms with van der Waals surface area (Å²) in [5.41, 5.74) is 6.80. The van der Waals surface area contributed by atoms with E-state index < -0.39 is 11.9 Å². The van der Waals surface area contributed by atoms with Crippen molar-refractivity contribution in [1.82, 2.24) is 9.88 Å². The molecule has 2 aromatic carbocycles. The van der Waals surface area contributed by atoms with Crippen molar-refractivity contribution in [2.24, 2.45) is 11.8 Å². The largest absolute Gasteiger partial charge is 0.485 e. The Morgan fingerprint density at radius 3 is 2.60 bits per heavy atom. The molecule has 3 aromatic rings. The molecule has 1 saturated heterocycles. The van der Waals surface area contributed by atoms with Crippen LogP contribution in [0, 0.1) is 24.6 Å². The van der Waals surface area contributed by atoms with Crippen LogP contribution in [0.1, 0.15) is 85.4 Å². The number of aliphatic carboxylic acids is 1. The highest BCUT2D eigenvalue weighted by Gasteiger charge is 2.36. The molecule has 0 spiro atoms. The van der Waals surface area contributed by atoms with E-state index in [0.29, 0.717) is 11.5 Å². The van der Waals surface area contributed by atoms with E-state index in [9.17, 15) is 14.3 Å². The zero-order chi connectivity index (χ0) is 27.8. The fraction of sp³-hybridized carbons (Fsp3) is 0.471. The summed E-state index contributed by atoms with van der Waals surface area (Å²) in [5, 5.41) is 9.81. The molecule has 1 aliphatic carbocycles. The van der Waals surface area contributed by atoms with Gasteiger partial charge in [-0.15, -0.1) is 0 Å². The lowest BCUT2D eigenvalue weighted by Gasteiger charge is -2.37. The fourth-order valence-electron chi connectivity index (χ4n) is 6.89. The first kappa shape index (κ1) is 26.9. The number of aromatic nitrogens is 1. The monoisotopic (exact) mass is 542 g/mol. The average Bonchev–Trinajstić information content (AvgIpc) is 3.44. The van der Waals surface area contributed by atoms with E-state index in [1.54, 1.807) is 0 Å². The molecule has 3 heterocycles.